The minimum atomic E-state index is -2.86. The predicted molar refractivity (Wildman–Crippen MR) is 72.6 cm³/mol. The molecule has 0 bridgehead atoms. The van der Waals surface area contributed by atoms with Gasteiger partial charge in [0.05, 0.1) is 23.8 Å². The van der Waals surface area contributed by atoms with E-state index in [-0.39, 0.29) is 11.8 Å². The second-order valence-electron chi connectivity index (χ2n) is 4.97. The van der Waals surface area contributed by atoms with Crippen molar-refractivity contribution in [3.8, 4) is 0 Å². The second-order valence-corrected chi connectivity index (χ2v) is 7.20. The number of methoxy groups -OCH3 is 1. The highest BCUT2D eigenvalue weighted by molar-refractivity contribution is 7.91. The van der Waals surface area contributed by atoms with E-state index in [2.05, 4.69) is 10.00 Å². The Morgan fingerprint density at radius 1 is 1.58 bits per heavy atom. The molecule has 1 unspecified atom stereocenters. The van der Waals surface area contributed by atoms with Gasteiger partial charge in [0.2, 0.25) is 0 Å². The van der Waals surface area contributed by atoms with E-state index in [9.17, 15) is 8.42 Å². The van der Waals surface area contributed by atoms with Crippen LogP contribution in [0.2, 0.25) is 0 Å². The topological polar surface area (TPSA) is 64.4 Å². The third-order valence-electron chi connectivity index (χ3n) is 3.59. The summed E-state index contributed by atoms with van der Waals surface area (Å²) in [5.41, 5.74) is 1.08. The molecule has 0 N–H and O–H groups in total. The summed E-state index contributed by atoms with van der Waals surface area (Å²) < 4.78 is 30.2. The van der Waals surface area contributed by atoms with Crippen molar-refractivity contribution in [2.75, 3.05) is 31.8 Å². The van der Waals surface area contributed by atoms with E-state index in [0.29, 0.717) is 25.3 Å². The van der Waals surface area contributed by atoms with Crippen molar-refractivity contribution in [1.82, 2.24) is 14.7 Å². The Hall–Kier alpha value is -0.920. The summed E-state index contributed by atoms with van der Waals surface area (Å²) in [6.07, 6.45) is 2.47. The summed E-state index contributed by atoms with van der Waals surface area (Å²) in [6.45, 7) is 2.05. The summed E-state index contributed by atoms with van der Waals surface area (Å²) >= 11 is 0. The molecule has 0 saturated carbocycles. The van der Waals surface area contributed by atoms with Gasteiger partial charge in [0.15, 0.2) is 9.84 Å². The van der Waals surface area contributed by atoms with E-state index in [1.54, 1.807) is 13.3 Å². The van der Waals surface area contributed by atoms with Crippen LogP contribution in [-0.2, 0) is 28.2 Å². The molecular formula is C12H21N3O3S. The molecule has 2 heterocycles. The first-order valence-corrected chi connectivity index (χ1v) is 8.24. The molecule has 108 valence electrons. The Balaban J connectivity index is 2.06. The molecule has 1 aromatic heterocycles. The number of aryl methyl sites for hydroxylation is 1. The molecule has 1 aromatic rings. The molecule has 0 radical (unpaired) electrons. The van der Waals surface area contributed by atoms with Crippen LogP contribution in [0.1, 0.15) is 12.1 Å². The highest BCUT2D eigenvalue weighted by atomic mass is 32.2. The zero-order chi connectivity index (χ0) is 13.9. The molecule has 0 amide bonds. The first-order chi connectivity index (χ1) is 9.02. The number of hydrogen-bond donors (Lipinski definition) is 0. The van der Waals surface area contributed by atoms with Crippen LogP contribution in [0.15, 0.2) is 12.3 Å². The molecule has 0 aliphatic carbocycles. The van der Waals surface area contributed by atoms with E-state index in [4.69, 9.17) is 4.74 Å². The number of aromatic nitrogens is 2. The van der Waals surface area contributed by atoms with Gasteiger partial charge in [0.1, 0.15) is 0 Å². The largest absolute Gasteiger partial charge is 0.383 e. The maximum absolute atomic E-state index is 11.6. The van der Waals surface area contributed by atoms with Gasteiger partial charge in [0.25, 0.3) is 0 Å². The number of sulfone groups is 1. The fourth-order valence-electron chi connectivity index (χ4n) is 2.43. The van der Waals surface area contributed by atoms with E-state index in [1.165, 1.54) is 0 Å². The van der Waals surface area contributed by atoms with E-state index in [1.807, 2.05) is 17.8 Å². The first kappa shape index (κ1) is 14.5. The van der Waals surface area contributed by atoms with E-state index < -0.39 is 9.84 Å². The van der Waals surface area contributed by atoms with Gasteiger partial charge in [-0.2, -0.15) is 5.10 Å². The van der Waals surface area contributed by atoms with Gasteiger partial charge in [-0.1, -0.05) is 0 Å². The van der Waals surface area contributed by atoms with Crippen LogP contribution in [-0.4, -0.2) is 60.9 Å². The van der Waals surface area contributed by atoms with Crippen LogP contribution in [0.4, 0.5) is 0 Å². The number of rotatable bonds is 6. The standard InChI is InChI=1S/C12H21N3O3S/c1-14-11(3-5-13-14)9-15(6-7-18-2)12-4-8-19(16,17)10-12/h3,5,12H,4,6-10H2,1-2H3. The maximum Gasteiger partial charge on any atom is 0.151 e. The number of ether oxygens (including phenoxy) is 1. The lowest BCUT2D eigenvalue weighted by Crippen LogP contribution is -2.38. The van der Waals surface area contributed by atoms with Crippen LogP contribution in [0.5, 0.6) is 0 Å². The van der Waals surface area contributed by atoms with Crippen molar-refractivity contribution in [3.63, 3.8) is 0 Å². The van der Waals surface area contributed by atoms with E-state index >= 15 is 0 Å². The lowest BCUT2D eigenvalue weighted by atomic mass is 10.2. The Bertz CT molecular complexity index is 512. The lowest BCUT2D eigenvalue weighted by molar-refractivity contribution is 0.119. The van der Waals surface area contributed by atoms with E-state index in [0.717, 1.165) is 12.2 Å². The molecule has 7 heteroatoms. The summed E-state index contributed by atoms with van der Waals surface area (Å²) in [7, 11) is 0.699. The fourth-order valence-corrected chi connectivity index (χ4v) is 4.19. The Morgan fingerprint density at radius 3 is 2.89 bits per heavy atom. The lowest BCUT2D eigenvalue weighted by Gasteiger charge is -2.27. The first-order valence-electron chi connectivity index (χ1n) is 6.42. The van der Waals surface area contributed by atoms with Gasteiger partial charge in [-0.05, 0) is 12.5 Å². The summed E-state index contributed by atoms with van der Waals surface area (Å²) in [6, 6.07) is 2.05. The second kappa shape index (κ2) is 6.02. The average Bonchev–Trinajstić information content (AvgIpc) is 2.91. The van der Waals surface area contributed by atoms with Gasteiger partial charge in [-0.25, -0.2) is 8.42 Å². The van der Waals surface area contributed by atoms with Gasteiger partial charge >= 0.3 is 0 Å². The Morgan fingerprint density at radius 2 is 2.37 bits per heavy atom. The van der Waals surface area contributed by atoms with Crippen LogP contribution < -0.4 is 0 Å². The molecule has 1 fully saturated rings. The smallest absolute Gasteiger partial charge is 0.151 e. The normalized spacial score (nSPS) is 22.2. The quantitative estimate of drug-likeness (QED) is 0.740. The van der Waals surface area contributed by atoms with Gasteiger partial charge in [-0.15, -0.1) is 0 Å². The Kier molecular flexibility index (Phi) is 4.59. The number of hydrogen-bond acceptors (Lipinski definition) is 5. The molecule has 19 heavy (non-hydrogen) atoms. The number of nitrogens with zero attached hydrogens (tertiary/aromatic N) is 3. The SMILES string of the molecule is COCCN(Cc1ccnn1C)C1CCS(=O)(=O)C1. The van der Waals surface area contributed by atoms with Crippen LogP contribution in [0, 0.1) is 0 Å². The summed E-state index contributed by atoms with van der Waals surface area (Å²) in [5.74, 6) is 0.557. The van der Waals surface area contributed by atoms with Crippen LogP contribution >= 0.6 is 0 Å². The molecule has 1 aliphatic rings. The zero-order valence-electron chi connectivity index (χ0n) is 11.4. The molecule has 0 aromatic carbocycles. The molecule has 6 nitrogen and oxygen atoms in total. The molecule has 2 rings (SSSR count). The van der Waals surface area contributed by atoms with Crippen molar-refractivity contribution in [2.24, 2.45) is 7.05 Å². The summed E-state index contributed by atoms with van der Waals surface area (Å²) in [4.78, 5) is 2.19. The fraction of sp³-hybridized carbons (Fsp3) is 0.750. The van der Waals surface area contributed by atoms with Crippen molar-refractivity contribution >= 4 is 9.84 Å². The minimum absolute atomic E-state index is 0.0926. The predicted octanol–water partition coefficient (Wildman–Crippen LogP) is 0.0556. The molecule has 1 atom stereocenters. The van der Waals surface area contributed by atoms with Crippen molar-refractivity contribution in [2.45, 2.75) is 19.0 Å². The van der Waals surface area contributed by atoms with Gasteiger partial charge < -0.3 is 4.74 Å². The monoisotopic (exact) mass is 287 g/mol. The van der Waals surface area contributed by atoms with Crippen LogP contribution in [0.3, 0.4) is 0 Å². The molecule has 1 aliphatic heterocycles. The molecule has 0 spiro atoms. The maximum atomic E-state index is 11.6. The zero-order valence-corrected chi connectivity index (χ0v) is 12.3. The van der Waals surface area contributed by atoms with Crippen molar-refractivity contribution in [3.05, 3.63) is 18.0 Å². The van der Waals surface area contributed by atoms with Gasteiger partial charge in [-0.3, -0.25) is 9.58 Å². The third-order valence-corrected chi connectivity index (χ3v) is 5.35. The summed E-state index contributed by atoms with van der Waals surface area (Å²) in [5, 5.41) is 4.15. The molecular weight excluding hydrogens is 266 g/mol. The van der Waals surface area contributed by atoms with Gasteiger partial charge in [0, 0.05) is 39.5 Å². The molecule has 1 saturated heterocycles. The Labute approximate surface area is 114 Å². The minimum Gasteiger partial charge on any atom is -0.383 e. The van der Waals surface area contributed by atoms with Crippen molar-refractivity contribution in [1.29, 1.82) is 0 Å². The average molecular weight is 287 g/mol. The third kappa shape index (κ3) is 3.77. The van der Waals surface area contributed by atoms with Crippen molar-refractivity contribution < 1.29 is 13.2 Å². The highest BCUT2D eigenvalue weighted by Crippen LogP contribution is 2.19. The highest BCUT2D eigenvalue weighted by Gasteiger charge is 2.32. The van der Waals surface area contributed by atoms with Crippen LogP contribution in [0.25, 0.3) is 0 Å².